The SMILES string of the molecule is Cc1cc(C(=O)OCC(=O)N[C@@H]2CCCC[C@H]2C)c(C)n1C(C)C. The second-order valence-electron chi connectivity index (χ2n) is 7.26. The molecule has 0 saturated heterocycles. The average Bonchev–Trinajstić information content (AvgIpc) is 2.82. The van der Waals surface area contributed by atoms with E-state index in [1.165, 1.54) is 6.42 Å². The summed E-state index contributed by atoms with van der Waals surface area (Å²) in [7, 11) is 0. The quantitative estimate of drug-likeness (QED) is 0.838. The van der Waals surface area contributed by atoms with E-state index in [-0.39, 0.29) is 24.6 Å². The molecular formula is C19H30N2O3. The molecule has 0 radical (unpaired) electrons. The van der Waals surface area contributed by atoms with Gasteiger partial charge in [0, 0.05) is 23.5 Å². The highest BCUT2D eigenvalue weighted by Gasteiger charge is 2.24. The number of hydrogen-bond acceptors (Lipinski definition) is 3. The van der Waals surface area contributed by atoms with Crippen molar-refractivity contribution in [3.05, 3.63) is 23.0 Å². The van der Waals surface area contributed by atoms with Gasteiger partial charge in [0.05, 0.1) is 5.56 Å². The number of rotatable bonds is 5. The van der Waals surface area contributed by atoms with Crippen LogP contribution < -0.4 is 5.32 Å². The molecule has 0 aromatic carbocycles. The molecule has 1 fully saturated rings. The standard InChI is InChI=1S/C19H30N2O3/c1-12(2)21-14(4)10-16(15(21)5)19(23)24-11-18(22)20-17-9-7-6-8-13(17)3/h10,12-13,17H,6-9,11H2,1-5H3,(H,20,22)/t13-,17-/m1/s1. The maximum atomic E-state index is 12.3. The number of nitrogens with one attached hydrogen (secondary N) is 1. The lowest BCUT2D eigenvalue weighted by Gasteiger charge is -2.29. The van der Waals surface area contributed by atoms with Crippen LogP contribution in [0.2, 0.25) is 0 Å². The Hall–Kier alpha value is -1.78. The van der Waals surface area contributed by atoms with Crippen molar-refractivity contribution < 1.29 is 14.3 Å². The molecule has 2 atom stereocenters. The molecule has 1 aliphatic carbocycles. The Morgan fingerprint density at radius 1 is 1.29 bits per heavy atom. The van der Waals surface area contributed by atoms with Crippen LogP contribution in [0.15, 0.2) is 6.07 Å². The molecule has 24 heavy (non-hydrogen) atoms. The highest BCUT2D eigenvalue weighted by Crippen LogP contribution is 2.24. The molecular weight excluding hydrogens is 304 g/mol. The van der Waals surface area contributed by atoms with Crippen molar-refractivity contribution in [3.63, 3.8) is 0 Å². The molecule has 2 rings (SSSR count). The van der Waals surface area contributed by atoms with Crippen molar-refractivity contribution in [1.82, 2.24) is 9.88 Å². The van der Waals surface area contributed by atoms with E-state index in [1.807, 2.05) is 19.9 Å². The van der Waals surface area contributed by atoms with Crippen LogP contribution >= 0.6 is 0 Å². The molecule has 5 nitrogen and oxygen atoms in total. The van der Waals surface area contributed by atoms with Crippen LogP contribution in [0.1, 0.15) is 74.2 Å². The minimum atomic E-state index is -0.429. The first-order chi connectivity index (χ1) is 11.3. The molecule has 1 aromatic heterocycles. The summed E-state index contributed by atoms with van der Waals surface area (Å²) in [6.45, 7) is 9.99. The zero-order valence-electron chi connectivity index (χ0n) is 15.5. The van der Waals surface area contributed by atoms with Crippen LogP contribution in [0.5, 0.6) is 0 Å². The number of aryl methyl sites for hydroxylation is 1. The van der Waals surface area contributed by atoms with Gasteiger partial charge in [0.15, 0.2) is 6.61 Å². The fourth-order valence-electron chi connectivity index (χ4n) is 3.77. The molecule has 0 unspecified atom stereocenters. The van der Waals surface area contributed by atoms with Crippen molar-refractivity contribution >= 4 is 11.9 Å². The molecule has 134 valence electrons. The van der Waals surface area contributed by atoms with E-state index in [0.717, 1.165) is 30.7 Å². The van der Waals surface area contributed by atoms with Crippen molar-refractivity contribution in [2.45, 2.75) is 72.4 Å². The minimum absolute atomic E-state index is 0.205. The predicted molar refractivity (Wildman–Crippen MR) is 94.1 cm³/mol. The van der Waals surface area contributed by atoms with Gasteiger partial charge in [-0.2, -0.15) is 0 Å². The number of esters is 1. The van der Waals surface area contributed by atoms with Crippen LogP contribution in [0, 0.1) is 19.8 Å². The van der Waals surface area contributed by atoms with Crippen molar-refractivity contribution in [2.24, 2.45) is 5.92 Å². The third-order valence-electron chi connectivity index (χ3n) is 5.01. The van der Waals surface area contributed by atoms with Gasteiger partial charge in [0.1, 0.15) is 0 Å². The molecule has 0 bridgehead atoms. The van der Waals surface area contributed by atoms with E-state index >= 15 is 0 Å². The molecule has 0 spiro atoms. The molecule has 1 N–H and O–H groups in total. The zero-order valence-corrected chi connectivity index (χ0v) is 15.5. The van der Waals surface area contributed by atoms with E-state index in [1.54, 1.807) is 0 Å². The molecule has 1 heterocycles. The minimum Gasteiger partial charge on any atom is -0.452 e. The van der Waals surface area contributed by atoms with Gasteiger partial charge in [-0.15, -0.1) is 0 Å². The van der Waals surface area contributed by atoms with Crippen LogP contribution in [0.25, 0.3) is 0 Å². The Labute approximate surface area is 144 Å². The summed E-state index contributed by atoms with van der Waals surface area (Å²) >= 11 is 0. The molecule has 5 heteroatoms. The number of ether oxygens (including phenoxy) is 1. The second-order valence-corrected chi connectivity index (χ2v) is 7.26. The van der Waals surface area contributed by atoms with E-state index < -0.39 is 5.97 Å². The Balaban J connectivity index is 1.91. The van der Waals surface area contributed by atoms with E-state index in [4.69, 9.17) is 4.74 Å². The third kappa shape index (κ3) is 4.19. The number of carbonyl (C=O) groups is 2. The van der Waals surface area contributed by atoms with Crippen molar-refractivity contribution in [1.29, 1.82) is 0 Å². The largest absolute Gasteiger partial charge is 0.452 e. The van der Waals surface area contributed by atoms with Crippen molar-refractivity contribution in [2.75, 3.05) is 6.61 Å². The number of carbonyl (C=O) groups excluding carboxylic acids is 2. The first-order valence-electron chi connectivity index (χ1n) is 8.96. The molecule has 1 amide bonds. The third-order valence-corrected chi connectivity index (χ3v) is 5.01. The summed E-state index contributed by atoms with van der Waals surface area (Å²) in [5.74, 6) is -0.148. The van der Waals surface area contributed by atoms with Gasteiger partial charge in [0.25, 0.3) is 5.91 Å². The predicted octanol–water partition coefficient (Wildman–Crippen LogP) is 3.54. The van der Waals surface area contributed by atoms with Gasteiger partial charge >= 0.3 is 5.97 Å². The van der Waals surface area contributed by atoms with Crippen LogP contribution in [0.4, 0.5) is 0 Å². The smallest absolute Gasteiger partial charge is 0.340 e. The highest BCUT2D eigenvalue weighted by molar-refractivity contribution is 5.92. The van der Waals surface area contributed by atoms with Crippen LogP contribution in [-0.4, -0.2) is 29.1 Å². The van der Waals surface area contributed by atoms with Gasteiger partial charge in [0.2, 0.25) is 0 Å². The first kappa shape index (κ1) is 18.6. The number of amides is 1. The molecule has 0 aliphatic heterocycles. The summed E-state index contributed by atoms with van der Waals surface area (Å²) in [5, 5.41) is 3.00. The topological polar surface area (TPSA) is 60.3 Å². The zero-order chi connectivity index (χ0) is 17.9. The molecule has 1 aliphatic rings. The maximum absolute atomic E-state index is 12.3. The summed E-state index contributed by atoms with van der Waals surface area (Å²) < 4.78 is 7.33. The Kier molecular flexibility index (Phi) is 6.08. The number of aromatic nitrogens is 1. The van der Waals surface area contributed by atoms with Crippen molar-refractivity contribution in [3.8, 4) is 0 Å². The lowest BCUT2D eigenvalue weighted by molar-refractivity contribution is -0.125. The first-order valence-corrected chi connectivity index (χ1v) is 8.96. The van der Waals surface area contributed by atoms with E-state index in [2.05, 4.69) is 30.7 Å². The van der Waals surface area contributed by atoms with Gasteiger partial charge in [-0.05, 0) is 52.5 Å². The summed E-state index contributed by atoms with van der Waals surface area (Å²) in [4.78, 5) is 24.4. The molecule has 1 aromatic rings. The number of hydrogen-bond donors (Lipinski definition) is 1. The highest BCUT2D eigenvalue weighted by atomic mass is 16.5. The van der Waals surface area contributed by atoms with E-state index in [9.17, 15) is 9.59 Å². The monoisotopic (exact) mass is 334 g/mol. The van der Waals surface area contributed by atoms with Gasteiger partial charge < -0.3 is 14.6 Å². The fourth-order valence-corrected chi connectivity index (χ4v) is 3.77. The fraction of sp³-hybridized carbons (Fsp3) is 0.684. The lowest BCUT2D eigenvalue weighted by Crippen LogP contribution is -2.42. The Morgan fingerprint density at radius 2 is 1.96 bits per heavy atom. The summed E-state index contributed by atoms with van der Waals surface area (Å²) in [5.41, 5.74) is 2.45. The maximum Gasteiger partial charge on any atom is 0.340 e. The van der Waals surface area contributed by atoms with Gasteiger partial charge in [-0.3, -0.25) is 4.79 Å². The summed E-state index contributed by atoms with van der Waals surface area (Å²) in [6, 6.07) is 2.32. The average molecular weight is 334 g/mol. The lowest BCUT2D eigenvalue weighted by atomic mass is 9.86. The number of nitrogens with zero attached hydrogens (tertiary/aromatic N) is 1. The van der Waals surface area contributed by atoms with Gasteiger partial charge in [-0.25, -0.2) is 4.79 Å². The second kappa shape index (κ2) is 7.86. The van der Waals surface area contributed by atoms with Gasteiger partial charge in [-0.1, -0.05) is 19.8 Å². The summed E-state index contributed by atoms with van der Waals surface area (Å²) in [6.07, 6.45) is 4.53. The van der Waals surface area contributed by atoms with Crippen LogP contribution in [0.3, 0.4) is 0 Å². The van der Waals surface area contributed by atoms with E-state index in [0.29, 0.717) is 11.5 Å². The normalized spacial score (nSPS) is 20.9. The molecule has 1 saturated carbocycles. The Bertz CT molecular complexity index is 604. The van der Waals surface area contributed by atoms with Crippen LogP contribution in [-0.2, 0) is 9.53 Å². The Morgan fingerprint density at radius 3 is 2.54 bits per heavy atom.